The molecule has 7 heteroatoms. The van der Waals surface area contributed by atoms with Crippen LogP contribution in [0.1, 0.15) is 19.3 Å². The number of morpholine rings is 1. The maximum absolute atomic E-state index is 11.0. The molecule has 0 amide bonds. The number of carboxylic acids is 2. The van der Waals surface area contributed by atoms with Gasteiger partial charge in [-0.15, -0.1) is 0 Å². The van der Waals surface area contributed by atoms with Crippen LogP contribution in [0.2, 0.25) is 0 Å². The fourth-order valence-electron chi connectivity index (χ4n) is 2.27. The molecule has 1 fully saturated rings. The topological polar surface area (TPSA) is 90.3 Å². The van der Waals surface area contributed by atoms with Crippen LogP contribution in [0.15, 0.2) is 0 Å². The molecule has 1 unspecified atom stereocenters. The lowest BCUT2D eigenvalue weighted by atomic mass is 10.1. The van der Waals surface area contributed by atoms with Gasteiger partial charge in [-0.25, -0.2) is 0 Å². The minimum absolute atomic E-state index is 0.366. The molecule has 0 aromatic carbocycles. The summed E-state index contributed by atoms with van der Waals surface area (Å²) in [5.74, 6) is -2.17. The number of unbranched alkanes of at least 4 members (excludes halogenated alkanes) is 1. The first kappa shape index (κ1) is 16.9. The van der Waals surface area contributed by atoms with Gasteiger partial charge in [0, 0.05) is 13.1 Å². The average Bonchev–Trinajstić information content (AvgIpc) is 2.41. The first-order chi connectivity index (χ1) is 9.50. The summed E-state index contributed by atoms with van der Waals surface area (Å²) in [5.41, 5.74) is 0. The van der Waals surface area contributed by atoms with E-state index in [1.165, 1.54) is 0 Å². The number of likely N-dealkylation sites (N-methyl/N-ethyl adjacent to an activating group) is 1. The first-order valence-corrected chi connectivity index (χ1v) is 6.95. The highest BCUT2D eigenvalue weighted by Crippen LogP contribution is 2.06. The average molecular weight is 288 g/mol. The van der Waals surface area contributed by atoms with Crippen LogP contribution in [-0.4, -0.2) is 84.4 Å². The highest BCUT2D eigenvalue weighted by atomic mass is 16.5. The maximum Gasteiger partial charge on any atom is 0.321 e. The molecule has 0 aliphatic carbocycles. The van der Waals surface area contributed by atoms with Gasteiger partial charge in [0.05, 0.1) is 19.6 Å². The van der Waals surface area contributed by atoms with Gasteiger partial charge in [-0.05, 0) is 33.0 Å². The minimum atomic E-state index is -1.09. The van der Waals surface area contributed by atoms with Crippen LogP contribution in [0.5, 0.6) is 0 Å². The highest BCUT2D eigenvalue weighted by Gasteiger charge is 2.25. The maximum atomic E-state index is 11.0. The van der Waals surface area contributed by atoms with Crippen molar-refractivity contribution in [3.63, 3.8) is 0 Å². The van der Waals surface area contributed by atoms with E-state index >= 15 is 0 Å². The van der Waals surface area contributed by atoms with Crippen LogP contribution in [-0.2, 0) is 14.3 Å². The Kier molecular flexibility index (Phi) is 7.50. The van der Waals surface area contributed by atoms with Gasteiger partial charge in [-0.2, -0.15) is 0 Å². The molecule has 0 bridgehead atoms. The van der Waals surface area contributed by atoms with E-state index in [0.717, 1.165) is 45.7 Å². The Morgan fingerprint density at radius 1 is 1.25 bits per heavy atom. The van der Waals surface area contributed by atoms with Gasteiger partial charge < -0.3 is 14.9 Å². The third-order valence-corrected chi connectivity index (χ3v) is 3.52. The smallest absolute Gasteiger partial charge is 0.321 e. The van der Waals surface area contributed by atoms with E-state index in [-0.39, 0.29) is 6.42 Å². The Labute approximate surface area is 119 Å². The summed E-state index contributed by atoms with van der Waals surface area (Å²) in [6.45, 7) is 5.03. The summed E-state index contributed by atoms with van der Waals surface area (Å²) in [4.78, 5) is 25.6. The van der Waals surface area contributed by atoms with E-state index in [0.29, 0.717) is 6.54 Å². The Hall–Kier alpha value is -1.18. The molecule has 1 aliphatic rings. The van der Waals surface area contributed by atoms with Crippen LogP contribution >= 0.6 is 0 Å². The predicted octanol–water partition coefficient (Wildman–Crippen LogP) is -0.0415. The van der Waals surface area contributed by atoms with Crippen molar-refractivity contribution in [3.8, 4) is 0 Å². The molecule has 7 nitrogen and oxygen atoms in total. The number of aliphatic carboxylic acids is 2. The third-order valence-electron chi connectivity index (χ3n) is 3.52. The summed E-state index contributed by atoms with van der Waals surface area (Å²) >= 11 is 0. The van der Waals surface area contributed by atoms with E-state index < -0.39 is 18.0 Å². The van der Waals surface area contributed by atoms with Crippen LogP contribution in [0.3, 0.4) is 0 Å². The van der Waals surface area contributed by atoms with Crippen molar-refractivity contribution in [2.24, 2.45) is 0 Å². The molecular formula is C13H24N2O5. The Morgan fingerprint density at radius 3 is 2.45 bits per heavy atom. The van der Waals surface area contributed by atoms with Gasteiger partial charge in [-0.1, -0.05) is 0 Å². The molecule has 116 valence electrons. The molecule has 20 heavy (non-hydrogen) atoms. The summed E-state index contributed by atoms with van der Waals surface area (Å²) in [5, 5.41) is 17.7. The molecule has 0 radical (unpaired) electrons. The van der Waals surface area contributed by atoms with Crippen molar-refractivity contribution in [1.29, 1.82) is 0 Å². The van der Waals surface area contributed by atoms with Gasteiger partial charge in [-0.3, -0.25) is 19.4 Å². The number of carbonyl (C=O) groups is 2. The molecule has 1 saturated heterocycles. The van der Waals surface area contributed by atoms with Crippen LogP contribution in [0, 0.1) is 0 Å². The van der Waals surface area contributed by atoms with Gasteiger partial charge in [0.2, 0.25) is 0 Å². The van der Waals surface area contributed by atoms with Crippen LogP contribution < -0.4 is 0 Å². The third kappa shape index (κ3) is 6.31. The summed E-state index contributed by atoms with van der Waals surface area (Å²) in [7, 11) is 1.66. The largest absolute Gasteiger partial charge is 0.481 e. The van der Waals surface area contributed by atoms with Gasteiger partial charge in [0.1, 0.15) is 6.04 Å². The summed E-state index contributed by atoms with van der Waals surface area (Å²) < 4.78 is 5.27. The molecular weight excluding hydrogens is 264 g/mol. The number of hydrogen-bond acceptors (Lipinski definition) is 5. The van der Waals surface area contributed by atoms with Crippen molar-refractivity contribution >= 4 is 11.9 Å². The van der Waals surface area contributed by atoms with Gasteiger partial charge in [0.15, 0.2) is 0 Å². The summed E-state index contributed by atoms with van der Waals surface area (Å²) in [6, 6.07) is -0.948. The van der Waals surface area contributed by atoms with E-state index in [2.05, 4.69) is 4.90 Å². The van der Waals surface area contributed by atoms with Crippen LogP contribution in [0.25, 0.3) is 0 Å². The highest BCUT2D eigenvalue weighted by molar-refractivity contribution is 5.80. The molecule has 0 saturated carbocycles. The number of ether oxygens (including phenoxy) is 1. The van der Waals surface area contributed by atoms with Crippen molar-refractivity contribution in [1.82, 2.24) is 9.80 Å². The van der Waals surface area contributed by atoms with E-state index in [9.17, 15) is 9.59 Å². The zero-order chi connectivity index (χ0) is 15.0. The van der Waals surface area contributed by atoms with Gasteiger partial charge >= 0.3 is 11.9 Å². The molecule has 0 aromatic heterocycles. The molecule has 2 N–H and O–H groups in total. The fourth-order valence-corrected chi connectivity index (χ4v) is 2.27. The zero-order valence-electron chi connectivity index (χ0n) is 12.0. The van der Waals surface area contributed by atoms with Crippen molar-refractivity contribution in [3.05, 3.63) is 0 Å². The van der Waals surface area contributed by atoms with Crippen molar-refractivity contribution in [2.75, 3.05) is 46.4 Å². The van der Waals surface area contributed by atoms with E-state index in [1.54, 1.807) is 11.9 Å². The predicted molar refractivity (Wildman–Crippen MR) is 72.8 cm³/mol. The summed E-state index contributed by atoms with van der Waals surface area (Å²) in [6.07, 6.45) is 1.47. The lowest BCUT2D eigenvalue weighted by Crippen LogP contribution is -2.41. The number of rotatable bonds is 9. The molecule has 1 heterocycles. The minimum Gasteiger partial charge on any atom is -0.481 e. The van der Waals surface area contributed by atoms with E-state index in [4.69, 9.17) is 14.9 Å². The van der Waals surface area contributed by atoms with Crippen molar-refractivity contribution in [2.45, 2.75) is 25.3 Å². The normalized spacial score (nSPS) is 18.1. The van der Waals surface area contributed by atoms with E-state index in [1.807, 2.05) is 0 Å². The van der Waals surface area contributed by atoms with Gasteiger partial charge in [0.25, 0.3) is 0 Å². The molecule has 1 atom stereocenters. The molecule has 1 aliphatic heterocycles. The molecule has 0 spiro atoms. The second-order valence-electron chi connectivity index (χ2n) is 5.09. The second-order valence-corrected chi connectivity index (χ2v) is 5.09. The second kappa shape index (κ2) is 8.89. The standard InChI is InChI=1S/C13H24N2O5/c1-14(11(13(18)19)10-12(16)17)4-2-3-5-15-6-8-20-9-7-15/h11H,2-10H2,1H3,(H,16,17)(H,18,19). The Morgan fingerprint density at radius 2 is 1.90 bits per heavy atom. The molecule has 1 rings (SSSR count). The van der Waals surface area contributed by atoms with Crippen LogP contribution in [0.4, 0.5) is 0 Å². The Bertz CT molecular complexity index is 318. The Balaban J connectivity index is 2.21. The zero-order valence-corrected chi connectivity index (χ0v) is 12.0. The van der Waals surface area contributed by atoms with Crippen molar-refractivity contribution < 1.29 is 24.5 Å². The monoisotopic (exact) mass is 288 g/mol. The lowest BCUT2D eigenvalue weighted by Gasteiger charge is -2.27. The lowest BCUT2D eigenvalue weighted by molar-refractivity contribution is -0.149. The quantitative estimate of drug-likeness (QED) is 0.575. The number of carboxylic acid groups (broad SMARTS) is 2. The number of nitrogens with zero attached hydrogens (tertiary/aromatic N) is 2. The fraction of sp³-hybridized carbons (Fsp3) is 0.846. The number of hydrogen-bond donors (Lipinski definition) is 2. The SMILES string of the molecule is CN(CCCCN1CCOCC1)C(CC(=O)O)C(=O)O. The first-order valence-electron chi connectivity index (χ1n) is 6.95. The molecule has 0 aromatic rings.